The third kappa shape index (κ3) is 8.92. The fourth-order valence-corrected chi connectivity index (χ4v) is 5.82. The topological polar surface area (TPSA) is 85.8 Å². The first-order valence-corrected chi connectivity index (χ1v) is 15.8. The van der Waals surface area contributed by atoms with Crippen LogP contribution in [0.1, 0.15) is 11.3 Å². The van der Waals surface area contributed by atoms with E-state index in [4.69, 9.17) is 25.8 Å². The van der Waals surface area contributed by atoms with E-state index < -0.39 is 5.97 Å². The van der Waals surface area contributed by atoms with Gasteiger partial charge in [-0.15, -0.1) is 11.3 Å². The average molecular weight is 611 g/mol. The summed E-state index contributed by atoms with van der Waals surface area (Å²) in [6.07, 6.45) is 5.93. The van der Waals surface area contributed by atoms with Gasteiger partial charge in [-0.2, -0.15) is 11.8 Å². The molecule has 0 radical (unpaired) electrons. The number of hydrogen-bond acceptors (Lipinski definition) is 10. The van der Waals surface area contributed by atoms with Crippen LogP contribution in [0.25, 0.3) is 10.9 Å². The van der Waals surface area contributed by atoms with Crippen molar-refractivity contribution in [1.29, 1.82) is 0 Å². The number of fused-ring (bicyclic) bond motifs is 1. The summed E-state index contributed by atoms with van der Waals surface area (Å²) in [5.41, 5.74) is 1.46. The lowest BCUT2D eigenvalue weighted by Gasteiger charge is -2.26. The number of thioether (sulfide) groups is 1. The second-order valence-electron chi connectivity index (χ2n) is 9.25. The maximum absolute atomic E-state index is 12.4. The molecule has 1 saturated heterocycles. The van der Waals surface area contributed by atoms with Gasteiger partial charge in [0.05, 0.1) is 23.8 Å². The van der Waals surface area contributed by atoms with Crippen molar-refractivity contribution in [3.8, 4) is 11.5 Å². The summed E-state index contributed by atoms with van der Waals surface area (Å²) in [6, 6.07) is 14.8. The molecule has 3 heterocycles. The Balaban J connectivity index is 1.13. The molecule has 11 heteroatoms. The zero-order valence-electron chi connectivity index (χ0n) is 22.5. The van der Waals surface area contributed by atoms with Gasteiger partial charge in [0.1, 0.15) is 30.3 Å². The van der Waals surface area contributed by atoms with Gasteiger partial charge in [-0.25, -0.2) is 14.8 Å². The number of rotatable bonds is 13. The van der Waals surface area contributed by atoms with Gasteiger partial charge in [0.25, 0.3) is 0 Å². The number of aromatic nitrogens is 2. The number of carbonyl (C=O) groups is 1. The number of thiophene rings is 1. The smallest absolute Gasteiger partial charge is 0.335 e. The lowest BCUT2D eigenvalue weighted by molar-refractivity contribution is -0.128. The number of morpholine rings is 1. The van der Waals surface area contributed by atoms with Gasteiger partial charge < -0.3 is 19.5 Å². The second kappa shape index (κ2) is 15.2. The summed E-state index contributed by atoms with van der Waals surface area (Å²) in [5, 5.41) is 6.50. The molecule has 0 saturated carbocycles. The molecule has 0 unspecified atom stereocenters. The van der Waals surface area contributed by atoms with E-state index >= 15 is 0 Å². The molecule has 0 atom stereocenters. The average Bonchev–Trinajstić information content (AvgIpc) is 3.51. The molecule has 0 bridgehead atoms. The zero-order valence-corrected chi connectivity index (χ0v) is 24.9. The van der Waals surface area contributed by atoms with Gasteiger partial charge in [-0.3, -0.25) is 4.90 Å². The molecule has 0 amide bonds. The first-order chi connectivity index (χ1) is 20.1. The SMILES string of the molecule is O=C(C=CCSCCCN1CCOCC1)Oc1ccc2ncnc(Nc3ccc(OCc4cccs4)c(Cl)c3)c2c1. The van der Waals surface area contributed by atoms with Crippen LogP contribution in [-0.2, 0) is 16.1 Å². The number of ether oxygens (including phenoxy) is 3. The van der Waals surface area contributed by atoms with Crippen LogP contribution in [0.4, 0.5) is 11.5 Å². The molecule has 4 aromatic rings. The minimum atomic E-state index is -0.422. The van der Waals surface area contributed by atoms with Crippen molar-refractivity contribution in [1.82, 2.24) is 14.9 Å². The summed E-state index contributed by atoms with van der Waals surface area (Å²) >= 11 is 9.92. The van der Waals surface area contributed by atoms with E-state index in [1.54, 1.807) is 47.4 Å². The van der Waals surface area contributed by atoms with Crippen LogP contribution >= 0.6 is 34.7 Å². The molecule has 1 N–H and O–H groups in total. The highest BCUT2D eigenvalue weighted by molar-refractivity contribution is 7.99. The lowest BCUT2D eigenvalue weighted by Crippen LogP contribution is -2.36. The van der Waals surface area contributed by atoms with E-state index in [0.29, 0.717) is 39.8 Å². The predicted molar refractivity (Wildman–Crippen MR) is 167 cm³/mol. The number of benzene rings is 2. The van der Waals surface area contributed by atoms with Crippen molar-refractivity contribution in [3.63, 3.8) is 0 Å². The molecule has 2 aromatic heterocycles. The Morgan fingerprint density at radius 2 is 2.07 bits per heavy atom. The van der Waals surface area contributed by atoms with Crippen LogP contribution in [0.3, 0.4) is 0 Å². The van der Waals surface area contributed by atoms with Crippen LogP contribution in [0.2, 0.25) is 5.02 Å². The molecule has 214 valence electrons. The van der Waals surface area contributed by atoms with E-state index in [2.05, 4.69) is 20.2 Å². The molecule has 1 aliphatic rings. The van der Waals surface area contributed by atoms with Gasteiger partial charge in [-0.1, -0.05) is 23.7 Å². The Kier molecular flexibility index (Phi) is 10.9. The molecule has 0 spiro atoms. The number of nitrogens with zero attached hydrogens (tertiary/aromatic N) is 3. The molecular formula is C30H31ClN4O4S2. The van der Waals surface area contributed by atoms with Gasteiger partial charge in [-0.05, 0) is 66.6 Å². The highest BCUT2D eigenvalue weighted by Gasteiger charge is 2.11. The van der Waals surface area contributed by atoms with Crippen molar-refractivity contribution in [3.05, 3.63) is 82.3 Å². The third-order valence-electron chi connectivity index (χ3n) is 6.30. The van der Waals surface area contributed by atoms with Crippen LogP contribution in [0.5, 0.6) is 11.5 Å². The normalized spacial score (nSPS) is 14.0. The zero-order chi connectivity index (χ0) is 28.3. The van der Waals surface area contributed by atoms with Crippen molar-refractivity contribution in [2.45, 2.75) is 13.0 Å². The summed E-state index contributed by atoms with van der Waals surface area (Å²) in [6.45, 7) is 5.24. The van der Waals surface area contributed by atoms with Crippen LogP contribution < -0.4 is 14.8 Å². The van der Waals surface area contributed by atoms with Crippen LogP contribution in [0, 0.1) is 0 Å². The Bertz CT molecular complexity index is 1460. The Hall–Kier alpha value is -3.15. The van der Waals surface area contributed by atoms with Crippen molar-refractivity contribution in [2.75, 3.05) is 49.7 Å². The summed E-state index contributed by atoms with van der Waals surface area (Å²) in [7, 11) is 0. The van der Waals surface area contributed by atoms with Crippen molar-refractivity contribution < 1.29 is 19.0 Å². The molecule has 1 fully saturated rings. The molecule has 0 aliphatic carbocycles. The Morgan fingerprint density at radius 1 is 1.17 bits per heavy atom. The minimum absolute atomic E-state index is 0.415. The van der Waals surface area contributed by atoms with E-state index in [0.717, 1.165) is 61.3 Å². The maximum Gasteiger partial charge on any atom is 0.335 e. The first-order valence-electron chi connectivity index (χ1n) is 13.4. The van der Waals surface area contributed by atoms with Gasteiger partial charge in [0.15, 0.2) is 0 Å². The second-order valence-corrected chi connectivity index (χ2v) is 11.8. The van der Waals surface area contributed by atoms with E-state index in [1.165, 1.54) is 12.4 Å². The predicted octanol–water partition coefficient (Wildman–Crippen LogP) is 6.58. The Labute approximate surface area is 252 Å². The van der Waals surface area contributed by atoms with Crippen molar-refractivity contribution in [2.24, 2.45) is 0 Å². The molecule has 2 aromatic carbocycles. The molecule has 41 heavy (non-hydrogen) atoms. The van der Waals surface area contributed by atoms with E-state index in [9.17, 15) is 4.79 Å². The quantitative estimate of drug-likeness (QED) is 0.0780. The first kappa shape index (κ1) is 29.3. The summed E-state index contributed by atoms with van der Waals surface area (Å²) in [4.78, 5) is 24.7. The number of anilines is 2. The number of hydrogen-bond donors (Lipinski definition) is 1. The number of esters is 1. The van der Waals surface area contributed by atoms with Gasteiger partial charge >= 0.3 is 5.97 Å². The van der Waals surface area contributed by atoms with Crippen LogP contribution in [-0.4, -0.2) is 65.2 Å². The maximum atomic E-state index is 12.4. The van der Waals surface area contributed by atoms with Gasteiger partial charge in [0.2, 0.25) is 0 Å². The highest BCUT2D eigenvalue weighted by atomic mass is 35.5. The largest absolute Gasteiger partial charge is 0.487 e. The molecule has 1 aliphatic heterocycles. The summed E-state index contributed by atoms with van der Waals surface area (Å²) in [5.74, 6) is 2.98. The van der Waals surface area contributed by atoms with Crippen molar-refractivity contribution >= 4 is 63.1 Å². The van der Waals surface area contributed by atoms with E-state index in [-0.39, 0.29) is 0 Å². The highest BCUT2D eigenvalue weighted by Crippen LogP contribution is 2.32. The Morgan fingerprint density at radius 3 is 2.90 bits per heavy atom. The standard InChI is InChI=1S/C30H31ClN4O4S2/c31-26-18-22(6-9-28(26)38-20-24-4-1-17-41-24)34-30-25-19-23(7-8-27(25)32-21-33-30)39-29(36)5-2-15-40-16-3-10-35-11-13-37-14-12-35/h1-2,4-9,17-19,21H,3,10-16,20H2,(H,32,33,34). The van der Waals surface area contributed by atoms with Crippen LogP contribution in [0.15, 0.2) is 72.4 Å². The number of nitrogens with one attached hydrogen (secondary N) is 1. The minimum Gasteiger partial charge on any atom is -0.487 e. The lowest BCUT2D eigenvalue weighted by atomic mass is 10.2. The molecule has 5 rings (SSSR count). The fourth-order valence-electron chi connectivity index (χ4n) is 4.24. The van der Waals surface area contributed by atoms with Gasteiger partial charge in [0, 0.05) is 40.9 Å². The fraction of sp³-hybridized carbons (Fsp3) is 0.300. The summed E-state index contributed by atoms with van der Waals surface area (Å²) < 4.78 is 16.8. The number of carbonyl (C=O) groups excluding carboxylic acids is 1. The molecular weight excluding hydrogens is 580 g/mol. The monoisotopic (exact) mass is 610 g/mol. The molecule has 8 nitrogen and oxygen atoms in total. The third-order valence-corrected chi connectivity index (χ3v) is 8.46. The van der Waals surface area contributed by atoms with E-state index in [1.807, 2.05) is 35.7 Å². The number of halogens is 1.